The van der Waals surface area contributed by atoms with Gasteiger partial charge in [-0.1, -0.05) is 216 Å². The number of esters is 3. The fraction of sp³-hybridized carbons (Fsp3) is 0.768. The number of carbonyl (C=O) groups is 3. The molecule has 6 nitrogen and oxygen atoms in total. The van der Waals surface area contributed by atoms with Crippen LogP contribution in [0.1, 0.15) is 258 Å². The van der Waals surface area contributed by atoms with E-state index in [1.165, 1.54) is 109 Å². The van der Waals surface area contributed by atoms with Crippen molar-refractivity contribution in [3.63, 3.8) is 0 Å². The Morgan fingerprint density at radius 2 is 0.629 bits per heavy atom. The van der Waals surface area contributed by atoms with Gasteiger partial charge in [0.15, 0.2) is 6.10 Å². The van der Waals surface area contributed by atoms with Crippen LogP contribution < -0.4 is 0 Å². The molecule has 62 heavy (non-hydrogen) atoms. The van der Waals surface area contributed by atoms with Gasteiger partial charge in [0, 0.05) is 19.3 Å². The molecule has 0 N–H and O–H groups in total. The summed E-state index contributed by atoms with van der Waals surface area (Å²) in [5.41, 5.74) is 0. The zero-order valence-corrected chi connectivity index (χ0v) is 40.9. The molecule has 0 aromatic rings. The van der Waals surface area contributed by atoms with Crippen molar-refractivity contribution in [3.05, 3.63) is 60.8 Å². The Labute approximate surface area is 383 Å². The minimum atomic E-state index is -0.791. The minimum absolute atomic E-state index is 0.0875. The van der Waals surface area contributed by atoms with E-state index in [-0.39, 0.29) is 31.1 Å². The van der Waals surface area contributed by atoms with Crippen LogP contribution in [-0.4, -0.2) is 37.2 Å². The predicted molar refractivity (Wildman–Crippen MR) is 265 cm³/mol. The molecule has 0 amide bonds. The lowest BCUT2D eigenvalue weighted by Gasteiger charge is -2.18. The molecule has 0 rings (SSSR count). The Hall–Kier alpha value is -2.89. The molecule has 0 fully saturated rings. The average Bonchev–Trinajstić information content (AvgIpc) is 3.27. The van der Waals surface area contributed by atoms with E-state index in [4.69, 9.17) is 14.2 Å². The molecule has 0 bridgehead atoms. The number of carbonyl (C=O) groups excluding carboxylic acids is 3. The molecule has 1 atom stereocenters. The first-order valence-corrected chi connectivity index (χ1v) is 26.3. The quantitative estimate of drug-likeness (QED) is 0.0262. The third-order valence-corrected chi connectivity index (χ3v) is 11.3. The van der Waals surface area contributed by atoms with E-state index in [9.17, 15) is 14.4 Å². The predicted octanol–water partition coefficient (Wildman–Crippen LogP) is 17.3. The Kier molecular flexibility index (Phi) is 48.4. The minimum Gasteiger partial charge on any atom is -0.462 e. The van der Waals surface area contributed by atoms with Crippen LogP contribution in [0.4, 0.5) is 0 Å². The zero-order valence-electron chi connectivity index (χ0n) is 40.9. The monoisotopic (exact) mass is 867 g/mol. The number of ether oxygens (including phenoxy) is 3. The van der Waals surface area contributed by atoms with Gasteiger partial charge in [0.2, 0.25) is 0 Å². The van der Waals surface area contributed by atoms with E-state index in [1.807, 2.05) is 0 Å². The third kappa shape index (κ3) is 48.1. The summed E-state index contributed by atoms with van der Waals surface area (Å²) < 4.78 is 16.8. The van der Waals surface area contributed by atoms with Crippen LogP contribution in [0.3, 0.4) is 0 Å². The number of hydrogen-bond donors (Lipinski definition) is 0. The zero-order chi connectivity index (χ0) is 45.1. The van der Waals surface area contributed by atoms with Crippen molar-refractivity contribution in [1.82, 2.24) is 0 Å². The fourth-order valence-electron chi connectivity index (χ4n) is 7.31. The number of unbranched alkanes of at least 4 members (excludes halogenated alkanes) is 26. The molecule has 6 heteroatoms. The Morgan fingerprint density at radius 3 is 1.03 bits per heavy atom. The summed E-state index contributed by atoms with van der Waals surface area (Å²) in [7, 11) is 0. The lowest BCUT2D eigenvalue weighted by molar-refractivity contribution is -0.167. The fourth-order valence-corrected chi connectivity index (χ4v) is 7.31. The summed E-state index contributed by atoms with van der Waals surface area (Å²) in [6.45, 7) is 6.47. The Morgan fingerprint density at radius 1 is 0.339 bits per heavy atom. The summed E-state index contributed by atoms with van der Waals surface area (Å²) in [6, 6.07) is 0. The van der Waals surface area contributed by atoms with Gasteiger partial charge in [-0.3, -0.25) is 14.4 Å². The van der Waals surface area contributed by atoms with Crippen LogP contribution in [0.15, 0.2) is 60.8 Å². The molecule has 0 aliphatic heterocycles. The highest BCUT2D eigenvalue weighted by molar-refractivity contribution is 5.71. The van der Waals surface area contributed by atoms with E-state index >= 15 is 0 Å². The van der Waals surface area contributed by atoms with Crippen LogP contribution in [0, 0.1) is 0 Å². The highest BCUT2D eigenvalue weighted by Gasteiger charge is 2.19. The van der Waals surface area contributed by atoms with Crippen molar-refractivity contribution >= 4 is 17.9 Å². The SMILES string of the molecule is CC/C=C\C/C=C\C/C=C\CCCCCC(=O)OCC(COC(=O)CCCCCCCCCCCCCCCCCC)OC(=O)CCCCCCC/C=C\C/C=C\CCCCC. The van der Waals surface area contributed by atoms with E-state index in [2.05, 4.69) is 81.5 Å². The molecule has 0 aromatic carbocycles. The summed E-state index contributed by atoms with van der Waals surface area (Å²) in [4.78, 5) is 38.0. The summed E-state index contributed by atoms with van der Waals surface area (Å²) in [5, 5.41) is 0. The first kappa shape index (κ1) is 59.1. The van der Waals surface area contributed by atoms with Gasteiger partial charge in [-0.15, -0.1) is 0 Å². The standard InChI is InChI=1S/C56H98O6/c1-4-7-10-13-16-19-22-25-27-29-31-34-37-40-43-46-49-55(58)61-52-53(51-60-54(57)48-45-42-39-36-33-30-24-21-18-15-12-9-6-3)62-56(59)50-47-44-41-38-35-32-28-26-23-20-17-14-11-8-5-2/h9,12,17-18,20-21,26,28,30,33,53H,4-8,10-11,13-16,19,22-25,27,29,31-32,34-52H2,1-3H3/b12-9-,20-17-,21-18-,28-26-,33-30-. The van der Waals surface area contributed by atoms with Gasteiger partial charge < -0.3 is 14.2 Å². The molecule has 0 radical (unpaired) electrons. The van der Waals surface area contributed by atoms with Gasteiger partial charge in [0.05, 0.1) is 0 Å². The van der Waals surface area contributed by atoms with Crippen LogP contribution in [-0.2, 0) is 28.6 Å². The van der Waals surface area contributed by atoms with E-state index < -0.39 is 6.10 Å². The molecule has 0 aliphatic carbocycles. The lowest BCUT2D eigenvalue weighted by atomic mass is 10.0. The van der Waals surface area contributed by atoms with Crippen molar-refractivity contribution in [2.75, 3.05) is 13.2 Å². The van der Waals surface area contributed by atoms with E-state index in [1.54, 1.807) is 0 Å². The summed E-state index contributed by atoms with van der Waals surface area (Å²) in [6.07, 6.45) is 62.0. The maximum absolute atomic E-state index is 12.8. The maximum Gasteiger partial charge on any atom is 0.306 e. The normalized spacial score (nSPS) is 12.5. The first-order chi connectivity index (χ1) is 30.5. The largest absolute Gasteiger partial charge is 0.462 e. The highest BCUT2D eigenvalue weighted by Crippen LogP contribution is 2.15. The van der Waals surface area contributed by atoms with Crippen LogP contribution in [0.5, 0.6) is 0 Å². The molecular formula is C56H98O6. The van der Waals surface area contributed by atoms with Gasteiger partial charge >= 0.3 is 17.9 Å². The molecule has 0 heterocycles. The maximum atomic E-state index is 12.8. The molecule has 358 valence electrons. The van der Waals surface area contributed by atoms with E-state index in [0.29, 0.717) is 19.3 Å². The second-order valence-corrected chi connectivity index (χ2v) is 17.4. The second-order valence-electron chi connectivity index (χ2n) is 17.4. The van der Waals surface area contributed by atoms with Crippen LogP contribution in [0.25, 0.3) is 0 Å². The van der Waals surface area contributed by atoms with Gasteiger partial charge in [0.1, 0.15) is 13.2 Å². The Bertz CT molecular complexity index is 1130. The van der Waals surface area contributed by atoms with Crippen LogP contribution >= 0.6 is 0 Å². The topological polar surface area (TPSA) is 78.9 Å². The van der Waals surface area contributed by atoms with Crippen molar-refractivity contribution in [3.8, 4) is 0 Å². The molecule has 1 unspecified atom stereocenters. The molecule has 0 aromatic heterocycles. The van der Waals surface area contributed by atoms with Gasteiger partial charge in [-0.25, -0.2) is 0 Å². The highest BCUT2D eigenvalue weighted by atomic mass is 16.6. The summed E-state index contributed by atoms with van der Waals surface area (Å²) >= 11 is 0. The molecular weight excluding hydrogens is 769 g/mol. The van der Waals surface area contributed by atoms with Crippen molar-refractivity contribution in [2.24, 2.45) is 0 Å². The first-order valence-electron chi connectivity index (χ1n) is 26.3. The summed E-state index contributed by atoms with van der Waals surface area (Å²) in [5.74, 6) is -0.926. The number of allylic oxidation sites excluding steroid dienone is 10. The van der Waals surface area contributed by atoms with Crippen molar-refractivity contribution in [1.29, 1.82) is 0 Å². The number of hydrogen-bond acceptors (Lipinski definition) is 6. The van der Waals surface area contributed by atoms with Gasteiger partial charge in [-0.2, -0.15) is 0 Å². The smallest absolute Gasteiger partial charge is 0.306 e. The van der Waals surface area contributed by atoms with Crippen LogP contribution in [0.2, 0.25) is 0 Å². The van der Waals surface area contributed by atoms with E-state index in [0.717, 1.165) is 109 Å². The number of rotatable bonds is 47. The molecule has 0 saturated heterocycles. The van der Waals surface area contributed by atoms with Crippen molar-refractivity contribution < 1.29 is 28.6 Å². The third-order valence-electron chi connectivity index (χ3n) is 11.3. The molecule has 0 saturated carbocycles. The lowest BCUT2D eigenvalue weighted by Crippen LogP contribution is -2.30. The Balaban J connectivity index is 4.41. The second kappa shape index (κ2) is 50.8. The average molecular weight is 867 g/mol. The molecule has 0 aliphatic rings. The van der Waals surface area contributed by atoms with Crippen molar-refractivity contribution in [2.45, 2.75) is 264 Å². The molecule has 0 spiro atoms. The van der Waals surface area contributed by atoms with Gasteiger partial charge in [0.25, 0.3) is 0 Å². The van der Waals surface area contributed by atoms with Gasteiger partial charge in [-0.05, 0) is 83.5 Å².